The summed E-state index contributed by atoms with van der Waals surface area (Å²) in [7, 11) is 0. The van der Waals surface area contributed by atoms with Crippen LogP contribution in [-0.2, 0) is 9.59 Å². The van der Waals surface area contributed by atoms with Crippen molar-refractivity contribution in [2.24, 2.45) is 5.92 Å². The summed E-state index contributed by atoms with van der Waals surface area (Å²) in [6.45, 7) is 2.26. The fourth-order valence-electron chi connectivity index (χ4n) is 2.65. The van der Waals surface area contributed by atoms with Crippen LogP contribution in [0.3, 0.4) is 0 Å². The van der Waals surface area contributed by atoms with Crippen molar-refractivity contribution < 1.29 is 14.4 Å². The molecule has 1 aromatic carbocycles. The predicted octanol–water partition coefficient (Wildman–Crippen LogP) is 1.20. The summed E-state index contributed by atoms with van der Waals surface area (Å²) in [5.41, 5.74) is 6.93. The molecule has 1 atom stereocenters. The number of amides is 3. The minimum Gasteiger partial charge on any atom is -0.312 e. The maximum atomic E-state index is 12.2. The van der Waals surface area contributed by atoms with Gasteiger partial charge in [0.15, 0.2) is 0 Å². The van der Waals surface area contributed by atoms with E-state index in [0.29, 0.717) is 5.56 Å². The summed E-state index contributed by atoms with van der Waals surface area (Å²) in [6, 6.07) is 10.8. The average molecular weight is 338 g/mol. The van der Waals surface area contributed by atoms with E-state index < -0.39 is 11.8 Å². The lowest BCUT2D eigenvalue weighted by Gasteiger charge is -2.17. The topological polar surface area (TPSA) is 91.4 Å². The first kappa shape index (κ1) is 16.6. The molecule has 1 aliphatic rings. The first-order valence-electron chi connectivity index (χ1n) is 7.92. The molecule has 0 saturated carbocycles. The van der Waals surface area contributed by atoms with Gasteiger partial charge in [-0.2, -0.15) is 0 Å². The fraction of sp³-hybridized carbons (Fsp3) is 0.222. The Kier molecular flexibility index (Phi) is 4.74. The van der Waals surface area contributed by atoms with E-state index in [-0.39, 0.29) is 24.8 Å². The third-order valence-corrected chi connectivity index (χ3v) is 4.06. The summed E-state index contributed by atoms with van der Waals surface area (Å²) in [5, 5.41) is 0. The van der Waals surface area contributed by atoms with Crippen LogP contribution in [0.4, 0.5) is 5.69 Å². The van der Waals surface area contributed by atoms with Gasteiger partial charge in [-0.05, 0) is 31.2 Å². The lowest BCUT2D eigenvalue weighted by atomic mass is 10.1. The first-order valence-corrected chi connectivity index (χ1v) is 7.92. The Morgan fingerprint density at radius 2 is 1.92 bits per heavy atom. The molecule has 1 unspecified atom stereocenters. The van der Waals surface area contributed by atoms with Crippen molar-refractivity contribution in [1.82, 2.24) is 15.8 Å². The van der Waals surface area contributed by atoms with Crippen LogP contribution in [-0.4, -0.2) is 29.3 Å². The molecule has 1 aliphatic heterocycles. The van der Waals surface area contributed by atoms with Gasteiger partial charge in [0.1, 0.15) is 0 Å². The highest BCUT2D eigenvalue weighted by Gasteiger charge is 2.35. The van der Waals surface area contributed by atoms with Crippen LogP contribution in [0, 0.1) is 12.8 Å². The van der Waals surface area contributed by atoms with Gasteiger partial charge in [0.2, 0.25) is 11.8 Å². The second kappa shape index (κ2) is 7.12. The molecule has 3 rings (SSSR count). The van der Waals surface area contributed by atoms with Crippen molar-refractivity contribution in [1.29, 1.82) is 0 Å². The molecule has 0 spiro atoms. The van der Waals surface area contributed by atoms with E-state index in [0.717, 1.165) is 11.3 Å². The minimum absolute atomic E-state index is 0.109. The largest absolute Gasteiger partial charge is 0.312 e. The summed E-state index contributed by atoms with van der Waals surface area (Å²) in [4.78, 5) is 41.8. The van der Waals surface area contributed by atoms with Gasteiger partial charge in [-0.25, -0.2) is 0 Å². The van der Waals surface area contributed by atoms with Gasteiger partial charge in [-0.15, -0.1) is 0 Å². The van der Waals surface area contributed by atoms with Gasteiger partial charge in [-0.3, -0.25) is 30.2 Å². The molecule has 2 heterocycles. The molecule has 0 aliphatic carbocycles. The van der Waals surface area contributed by atoms with Crippen molar-refractivity contribution in [3.8, 4) is 0 Å². The molecule has 7 heteroatoms. The monoisotopic (exact) mass is 338 g/mol. The Morgan fingerprint density at radius 3 is 2.60 bits per heavy atom. The fourth-order valence-corrected chi connectivity index (χ4v) is 2.65. The number of anilines is 1. The number of rotatable bonds is 3. The zero-order valence-corrected chi connectivity index (χ0v) is 13.7. The van der Waals surface area contributed by atoms with E-state index in [1.807, 2.05) is 31.2 Å². The van der Waals surface area contributed by atoms with E-state index >= 15 is 0 Å². The molecule has 0 bridgehead atoms. The number of nitrogens with zero attached hydrogens (tertiary/aromatic N) is 2. The van der Waals surface area contributed by atoms with Crippen molar-refractivity contribution in [2.45, 2.75) is 13.3 Å². The molecule has 2 aromatic rings. The number of carbonyl (C=O) groups is 3. The molecule has 2 N–H and O–H groups in total. The van der Waals surface area contributed by atoms with Crippen LogP contribution in [0.25, 0.3) is 0 Å². The highest BCUT2D eigenvalue weighted by Crippen LogP contribution is 2.25. The molecule has 3 amide bonds. The maximum Gasteiger partial charge on any atom is 0.271 e. The Morgan fingerprint density at radius 1 is 1.16 bits per heavy atom. The smallest absolute Gasteiger partial charge is 0.271 e. The quantitative estimate of drug-likeness (QED) is 0.823. The minimum atomic E-state index is -0.511. The number of aromatic nitrogens is 1. The predicted molar refractivity (Wildman–Crippen MR) is 91.5 cm³/mol. The SMILES string of the molecule is Cc1ccc(N2CC(C(=O)NNC(=O)c3cccnc3)CC2=O)cc1. The molecule has 1 aromatic heterocycles. The standard InChI is InChI=1S/C18H18N4O3/c1-12-4-6-15(7-5-12)22-11-14(9-16(22)23)18(25)21-20-17(24)13-3-2-8-19-10-13/h2-8,10,14H,9,11H2,1H3,(H,20,24)(H,21,25). The lowest BCUT2D eigenvalue weighted by Crippen LogP contribution is -2.45. The highest BCUT2D eigenvalue weighted by molar-refractivity contribution is 6.01. The van der Waals surface area contributed by atoms with Crippen LogP contribution in [0.1, 0.15) is 22.3 Å². The van der Waals surface area contributed by atoms with Crippen LogP contribution >= 0.6 is 0 Å². The average Bonchev–Trinajstić information content (AvgIpc) is 3.02. The number of aryl methyl sites for hydroxylation is 1. The summed E-state index contributed by atoms with van der Waals surface area (Å²) < 4.78 is 0. The van der Waals surface area contributed by atoms with Crippen LogP contribution in [0.2, 0.25) is 0 Å². The molecular weight excluding hydrogens is 320 g/mol. The second-order valence-electron chi connectivity index (χ2n) is 5.93. The molecular formula is C18H18N4O3. The van der Waals surface area contributed by atoms with E-state index in [1.165, 1.54) is 6.20 Å². The molecule has 1 fully saturated rings. The normalized spacial score (nSPS) is 16.6. The zero-order chi connectivity index (χ0) is 17.8. The first-order chi connectivity index (χ1) is 12.0. The second-order valence-corrected chi connectivity index (χ2v) is 5.93. The van der Waals surface area contributed by atoms with Gasteiger partial charge in [0.25, 0.3) is 5.91 Å². The van der Waals surface area contributed by atoms with E-state index in [2.05, 4.69) is 15.8 Å². The summed E-state index contributed by atoms with van der Waals surface area (Å²) >= 11 is 0. The van der Waals surface area contributed by atoms with Crippen molar-refractivity contribution in [3.05, 3.63) is 59.9 Å². The Labute approximate surface area is 145 Å². The number of benzene rings is 1. The number of nitrogens with one attached hydrogen (secondary N) is 2. The number of hydrazine groups is 1. The summed E-state index contributed by atoms with van der Waals surface area (Å²) in [6.07, 6.45) is 3.07. The molecule has 1 saturated heterocycles. The number of hydrogen-bond acceptors (Lipinski definition) is 4. The Bertz CT molecular complexity index is 790. The van der Waals surface area contributed by atoms with Gasteiger partial charge < -0.3 is 4.90 Å². The van der Waals surface area contributed by atoms with Crippen LogP contribution < -0.4 is 15.8 Å². The van der Waals surface area contributed by atoms with Crippen molar-refractivity contribution in [2.75, 3.05) is 11.4 Å². The number of hydrogen-bond donors (Lipinski definition) is 2. The zero-order valence-electron chi connectivity index (χ0n) is 13.7. The Hall–Kier alpha value is -3.22. The van der Waals surface area contributed by atoms with E-state index in [1.54, 1.807) is 23.2 Å². The molecule has 25 heavy (non-hydrogen) atoms. The Balaban J connectivity index is 1.57. The molecule has 128 valence electrons. The van der Waals surface area contributed by atoms with Gasteiger partial charge in [-0.1, -0.05) is 17.7 Å². The van der Waals surface area contributed by atoms with Gasteiger partial charge in [0.05, 0.1) is 11.5 Å². The van der Waals surface area contributed by atoms with E-state index in [4.69, 9.17) is 0 Å². The van der Waals surface area contributed by atoms with E-state index in [9.17, 15) is 14.4 Å². The number of pyridine rings is 1. The van der Waals surface area contributed by atoms with Crippen molar-refractivity contribution in [3.63, 3.8) is 0 Å². The highest BCUT2D eigenvalue weighted by atomic mass is 16.2. The van der Waals surface area contributed by atoms with Crippen LogP contribution in [0.15, 0.2) is 48.8 Å². The maximum absolute atomic E-state index is 12.2. The van der Waals surface area contributed by atoms with Gasteiger partial charge >= 0.3 is 0 Å². The third-order valence-electron chi connectivity index (χ3n) is 4.06. The van der Waals surface area contributed by atoms with Crippen LogP contribution in [0.5, 0.6) is 0 Å². The third kappa shape index (κ3) is 3.82. The number of carbonyl (C=O) groups excluding carboxylic acids is 3. The molecule has 0 radical (unpaired) electrons. The lowest BCUT2D eigenvalue weighted by molar-refractivity contribution is -0.126. The molecule has 7 nitrogen and oxygen atoms in total. The van der Waals surface area contributed by atoms with Crippen molar-refractivity contribution >= 4 is 23.4 Å². The summed E-state index contributed by atoms with van der Waals surface area (Å²) in [5.74, 6) is -1.47. The van der Waals surface area contributed by atoms with Gasteiger partial charge in [0, 0.05) is 31.0 Å².